The van der Waals surface area contributed by atoms with E-state index in [1.165, 1.54) is 23.1 Å². The summed E-state index contributed by atoms with van der Waals surface area (Å²) in [4.78, 5) is 29.3. The van der Waals surface area contributed by atoms with Crippen LogP contribution in [0.2, 0.25) is 0 Å². The van der Waals surface area contributed by atoms with E-state index >= 15 is 0 Å². The average molecular weight is 368 g/mol. The normalized spacial score (nSPS) is 12.7. The molecule has 0 aliphatic rings. The number of fused-ring (bicyclic) bond motifs is 1. The van der Waals surface area contributed by atoms with Crippen LogP contribution in [-0.4, -0.2) is 27.3 Å². The van der Waals surface area contributed by atoms with Gasteiger partial charge in [-0.15, -0.1) is 11.3 Å². The van der Waals surface area contributed by atoms with Gasteiger partial charge in [0.15, 0.2) is 5.16 Å². The van der Waals surface area contributed by atoms with Crippen LogP contribution in [0.5, 0.6) is 0 Å². The molecule has 0 radical (unpaired) electrons. The van der Waals surface area contributed by atoms with Gasteiger partial charge < -0.3 is 5.32 Å². The van der Waals surface area contributed by atoms with Gasteiger partial charge in [-0.2, -0.15) is 0 Å². The fourth-order valence-electron chi connectivity index (χ4n) is 2.17. The fourth-order valence-corrected chi connectivity index (χ4v) is 3.78. The van der Waals surface area contributed by atoms with Gasteiger partial charge in [0.2, 0.25) is 5.91 Å². The number of carbonyl (C=O) groups is 1. The predicted molar refractivity (Wildman–Crippen MR) is 102 cm³/mol. The minimum Gasteiger partial charge on any atom is -0.353 e. The van der Waals surface area contributed by atoms with Crippen molar-refractivity contribution in [3.63, 3.8) is 0 Å². The molecule has 132 valence electrons. The number of hydrogen-bond donors (Lipinski definition) is 1. The van der Waals surface area contributed by atoms with Crippen LogP contribution in [0.1, 0.15) is 40.5 Å². The summed E-state index contributed by atoms with van der Waals surface area (Å²) in [5, 5.41) is 5.46. The van der Waals surface area contributed by atoms with Gasteiger partial charge in [-0.25, -0.2) is 4.98 Å². The third-order valence-corrected chi connectivity index (χ3v) is 5.68. The van der Waals surface area contributed by atoms with Crippen LogP contribution < -0.4 is 10.9 Å². The third kappa shape index (κ3) is 4.83. The number of carbonyl (C=O) groups excluding carboxylic acids is 1. The molecule has 1 amide bonds. The quantitative estimate of drug-likeness (QED) is 0.573. The Labute approximate surface area is 150 Å². The van der Waals surface area contributed by atoms with Crippen molar-refractivity contribution in [1.82, 2.24) is 14.9 Å². The number of nitrogens with zero attached hydrogens (tertiary/aromatic N) is 2. The Balaban J connectivity index is 2.21. The molecule has 0 aromatic carbocycles. The number of nitrogens with one attached hydrogen (secondary N) is 1. The van der Waals surface area contributed by atoms with Gasteiger partial charge in [-0.05, 0) is 37.1 Å². The molecule has 0 aliphatic heterocycles. The fraction of sp³-hybridized carbons (Fsp3) is 0.588. The van der Waals surface area contributed by atoms with Crippen LogP contribution in [0.3, 0.4) is 0 Å². The molecule has 0 aliphatic carbocycles. The minimum atomic E-state index is -0.0237. The Morgan fingerprint density at radius 3 is 2.83 bits per heavy atom. The SMILES string of the molecule is CC[C@H](C)NC(=O)CSc1nc2ccsc2c(=O)n1CCC(C)C. The summed E-state index contributed by atoms with van der Waals surface area (Å²) in [5.74, 6) is 0.751. The molecule has 1 atom stereocenters. The Kier molecular flexibility index (Phi) is 6.86. The van der Waals surface area contributed by atoms with Crippen LogP contribution in [0.15, 0.2) is 21.4 Å². The van der Waals surface area contributed by atoms with E-state index in [-0.39, 0.29) is 23.3 Å². The number of amides is 1. The highest BCUT2D eigenvalue weighted by molar-refractivity contribution is 7.99. The Hall–Kier alpha value is -1.34. The topological polar surface area (TPSA) is 64.0 Å². The van der Waals surface area contributed by atoms with E-state index in [0.29, 0.717) is 22.3 Å². The van der Waals surface area contributed by atoms with E-state index in [0.717, 1.165) is 18.4 Å². The lowest BCUT2D eigenvalue weighted by molar-refractivity contribution is -0.119. The van der Waals surface area contributed by atoms with Crippen molar-refractivity contribution in [2.75, 3.05) is 5.75 Å². The molecule has 2 aromatic rings. The maximum Gasteiger partial charge on any atom is 0.272 e. The molecule has 0 saturated carbocycles. The van der Waals surface area contributed by atoms with Crippen molar-refractivity contribution >= 4 is 39.2 Å². The molecule has 0 saturated heterocycles. The molecule has 24 heavy (non-hydrogen) atoms. The summed E-state index contributed by atoms with van der Waals surface area (Å²) in [6.07, 6.45) is 1.81. The van der Waals surface area contributed by atoms with Crippen LogP contribution in [0.4, 0.5) is 0 Å². The number of aromatic nitrogens is 2. The first kappa shape index (κ1) is 19.0. The predicted octanol–water partition coefficient (Wildman–Crippen LogP) is 3.51. The van der Waals surface area contributed by atoms with Gasteiger partial charge in [-0.1, -0.05) is 32.5 Å². The second-order valence-corrected chi connectivity index (χ2v) is 8.19. The van der Waals surface area contributed by atoms with E-state index in [2.05, 4.69) is 24.1 Å². The summed E-state index contributed by atoms with van der Waals surface area (Å²) in [6.45, 7) is 8.92. The molecule has 2 heterocycles. The van der Waals surface area contributed by atoms with Crippen molar-refractivity contribution < 1.29 is 4.79 Å². The Morgan fingerprint density at radius 2 is 2.17 bits per heavy atom. The molecular weight excluding hydrogens is 342 g/mol. The van der Waals surface area contributed by atoms with Gasteiger partial charge in [0.25, 0.3) is 5.56 Å². The largest absolute Gasteiger partial charge is 0.353 e. The number of hydrogen-bond acceptors (Lipinski definition) is 5. The molecule has 0 fully saturated rings. The highest BCUT2D eigenvalue weighted by Crippen LogP contribution is 2.21. The summed E-state index contributed by atoms with van der Waals surface area (Å²) in [7, 11) is 0. The van der Waals surface area contributed by atoms with Gasteiger partial charge in [-0.3, -0.25) is 14.2 Å². The molecule has 2 rings (SSSR count). The molecule has 0 unspecified atom stereocenters. The lowest BCUT2D eigenvalue weighted by atomic mass is 10.1. The second-order valence-electron chi connectivity index (χ2n) is 6.33. The van der Waals surface area contributed by atoms with Crippen LogP contribution >= 0.6 is 23.1 Å². The van der Waals surface area contributed by atoms with E-state index in [4.69, 9.17) is 0 Å². The molecule has 5 nitrogen and oxygen atoms in total. The second kappa shape index (κ2) is 8.67. The van der Waals surface area contributed by atoms with Gasteiger partial charge in [0, 0.05) is 12.6 Å². The van der Waals surface area contributed by atoms with Crippen molar-refractivity contribution in [2.24, 2.45) is 5.92 Å². The molecular formula is C17H25N3O2S2. The van der Waals surface area contributed by atoms with Crippen LogP contribution in [0.25, 0.3) is 10.2 Å². The summed E-state index contributed by atoms with van der Waals surface area (Å²) in [5.41, 5.74) is 0.719. The first-order valence-electron chi connectivity index (χ1n) is 8.32. The first-order chi connectivity index (χ1) is 11.4. The van der Waals surface area contributed by atoms with Gasteiger partial charge in [0.1, 0.15) is 4.70 Å². The van der Waals surface area contributed by atoms with Crippen molar-refractivity contribution in [2.45, 2.75) is 58.3 Å². The standard InChI is InChI=1S/C17H25N3O2S2/c1-5-12(4)18-14(21)10-24-17-19-13-7-9-23-15(13)16(22)20(17)8-6-11(2)3/h7,9,11-12H,5-6,8,10H2,1-4H3,(H,18,21)/t12-/m0/s1. The first-order valence-corrected chi connectivity index (χ1v) is 10.2. The zero-order valence-electron chi connectivity index (χ0n) is 14.7. The van der Waals surface area contributed by atoms with Crippen molar-refractivity contribution in [1.29, 1.82) is 0 Å². The Morgan fingerprint density at radius 1 is 1.42 bits per heavy atom. The maximum atomic E-state index is 12.7. The zero-order valence-corrected chi connectivity index (χ0v) is 16.3. The molecule has 0 bridgehead atoms. The average Bonchev–Trinajstić information content (AvgIpc) is 3.00. The van der Waals surface area contributed by atoms with E-state index in [1.54, 1.807) is 4.57 Å². The summed E-state index contributed by atoms with van der Waals surface area (Å²) >= 11 is 2.76. The van der Waals surface area contributed by atoms with Crippen LogP contribution in [0, 0.1) is 5.92 Å². The van der Waals surface area contributed by atoms with Gasteiger partial charge in [0.05, 0.1) is 11.3 Å². The highest BCUT2D eigenvalue weighted by Gasteiger charge is 2.15. The molecule has 0 spiro atoms. The lowest BCUT2D eigenvalue weighted by Crippen LogP contribution is -2.33. The smallest absolute Gasteiger partial charge is 0.272 e. The number of thiophene rings is 1. The molecule has 2 aromatic heterocycles. The summed E-state index contributed by atoms with van der Waals surface area (Å²) < 4.78 is 2.41. The lowest BCUT2D eigenvalue weighted by Gasteiger charge is -2.14. The van der Waals surface area contributed by atoms with E-state index in [1.807, 2.05) is 25.3 Å². The maximum absolute atomic E-state index is 12.7. The number of rotatable bonds is 8. The van der Waals surface area contributed by atoms with Crippen LogP contribution in [-0.2, 0) is 11.3 Å². The molecule has 1 N–H and O–H groups in total. The highest BCUT2D eigenvalue weighted by atomic mass is 32.2. The third-order valence-electron chi connectivity index (χ3n) is 3.81. The zero-order chi connectivity index (χ0) is 17.7. The van der Waals surface area contributed by atoms with E-state index in [9.17, 15) is 9.59 Å². The number of thioether (sulfide) groups is 1. The van der Waals surface area contributed by atoms with Crippen molar-refractivity contribution in [3.8, 4) is 0 Å². The summed E-state index contributed by atoms with van der Waals surface area (Å²) in [6, 6.07) is 2.02. The van der Waals surface area contributed by atoms with Crippen molar-refractivity contribution in [3.05, 3.63) is 21.8 Å². The monoisotopic (exact) mass is 367 g/mol. The van der Waals surface area contributed by atoms with Gasteiger partial charge >= 0.3 is 0 Å². The molecule has 7 heteroatoms. The minimum absolute atomic E-state index is 0.000449. The van der Waals surface area contributed by atoms with E-state index < -0.39 is 0 Å². The Bertz CT molecular complexity index is 752.